The van der Waals surface area contributed by atoms with Crippen LogP contribution in [0.1, 0.15) is 11.7 Å². The molecule has 2 rings (SSSR count). The molecule has 1 aliphatic heterocycles. The maximum atomic E-state index is 5.06. The van der Waals surface area contributed by atoms with Gasteiger partial charge in [-0.2, -0.15) is 16.7 Å². The average Bonchev–Trinajstić information content (AvgIpc) is 2.53. The van der Waals surface area contributed by atoms with E-state index in [0.29, 0.717) is 6.04 Å². The molecule has 1 aliphatic rings. The van der Waals surface area contributed by atoms with Gasteiger partial charge in [-0.1, -0.05) is 5.16 Å². The molecule has 72 valence electrons. The maximum absolute atomic E-state index is 5.06. The number of aryl methyl sites for hydroxylation is 1. The highest BCUT2D eigenvalue weighted by Gasteiger charge is 2.16. The van der Waals surface area contributed by atoms with Crippen LogP contribution in [0, 0.1) is 6.92 Å². The zero-order valence-corrected chi connectivity index (χ0v) is 8.43. The molecule has 1 saturated heterocycles. The number of hydrogen-bond donors (Lipinski definition) is 1. The van der Waals surface area contributed by atoms with E-state index in [-0.39, 0.29) is 0 Å². The normalized spacial score (nSPS) is 23.3. The molecule has 2 heterocycles. The molecule has 0 radical (unpaired) electrons. The lowest BCUT2D eigenvalue weighted by atomic mass is 10.2. The molecule has 0 bridgehead atoms. The van der Waals surface area contributed by atoms with Crippen LogP contribution >= 0.6 is 11.8 Å². The summed E-state index contributed by atoms with van der Waals surface area (Å²) in [6, 6.07) is 0.499. The maximum Gasteiger partial charge on any atom is 0.228 e. The van der Waals surface area contributed by atoms with Gasteiger partial charge in [0.05, 0.1) is 0 Å². The third-order valence-electron chi connectivity index (χ3n) is 1.99. The van der Waals surface area contributed by atoms with Gasteiger partial charge in [-0.25, -0.2) is 0 Å². The zero-order chi connectivity index (χ0) is 9.10. The third-order valence-corrected chi connectivity index (χ3v) is 3.12. The highest BCUT2D eigenvalue weighted by atomic mass is 32.2. The summed E-state index contributed by atoms with van der Waals surface area (Å²) in [6.45, 7) is 2.93. The molecule has 0 aliphatic carbocycles. The smallest absolute Gasteiger partial charge is 0.228 e. The summed E-state index contributed by atoms with van der Waals surface area (Å²) in [5.41, 5.74) is 0. The predicted octanol–water partition coefficient (Wildman–Crippen LogP) is 0.626. The standard InChI is InChI=1S/C8H13N3OS/c1-6-10-8(12-11-6)4-7-5-13-3-2-9-7/h7,9H,2-5H2,1H3. The van der Waals surface area contributed by atoms with Gasteiger partial charge in [0.1, 0.15) is 0 Å². The highest BCUT2D eigenvalue weighted by molar-refractivity contribution is 7.99. The molecule has 1 atom stereocenters. The van der Waals surface area contributed by atoms with Crippen LogP contribution in [0.4, 0.5) is 0 Å². The second-order valence-electron chi connectivity index (χ2n) is 3.17. The van der Waals surface area contributed by atoms with E-state index in [1.807, 2.05) is 18.7 Å². The van der Waals surface area contributed by atoms with Crippen molar-refractivity contribution in [3.8, 4) is 0 Å². The fourth-order valence-corrected chi connectivity index (χ4v) is 2.33. The van der Waals surface area contributed by atoms with Crippen molar-refractivity contribution in [2.45, 2.75) is 19.4 Å². The van der Waals surface area contributed by atoms with Crippen LogP contribution in [0.15, 0.2) is 4.52 Å². The molecule has 13 heavy (non-hydrogen) atoms. The molecule has 0 amide bonds. The Morgan fingerprint density at radius 2 is 2.62 bits per heavy atom. The van der Waals surface area contributed by atoms with Crippen LogP contribution in [0.3, 0.4) is 0 Å². The number of rotatable bonds is 2. The Bertz CT molecular complexity index is 270. The van der Waals surface area contributed by atoms with Crippen molar-refractivity contribution < 1.29 is 4.52 Å². The summed E-state index contributed by atoms with van der Waals surface area (Å²) < 4.78 is 5.06. The summed E-state index contributed by atoms with van der Waals surface area (Å²) in [6.07, 6.45) is 0.855. The van der Waals surface area contributed by atoms with Gasteiger partial charge in [0.25, 0.3) is 0 Å². The molecule has 1 N–H and O–H groups in total. The molecule has 0 spiro atoms. The van der Waals surface area contributed by atoms with Gasteiger partial charge in [0.15, 0.2) is 5.82 Å². The number of nitrogens with one attached hydrogen (secondary N) is 1. The quantitative estimate of drug-likeness (QED) is 0.757. The fraction of sp³-hybridized carbons (Fsp3) is 0.750. The lowest BCUT2D eigenvalue weighted by Crippen LogP contribution is -2.38. The molecule has 1 aromatic heterocycles. The Morgan fingerprint density at radius 3 is 3.23 bits per heavy atom. The Kier molecular flexibility index (Phi) is 2.85. The molecule has 4 nitrogen and oxygen atoms in total. The van der Waals surface area contributed by atoms with Crippen molar-refractivity contribution in [1.29, 1.82) is 0 Å². The van der Waals surface area contributed by atoms with Crippen molar-refractivity contribution >= 4 is 11.8 Å². The van der Waals surface area contributed by atoms with Gasteiger partial charge in [0.2, 0.25) is 5.89 Å². The average molecular weight is 199 g/mol. The van der Waals surface area contributed by atoms with Crippen LogP contribution in [-0.4, -0.2) is 34.2 Å². The summed E-state index contributed by atoms with van der Waals surface area (Å²) in [5, 5.41) is 7.19. The van der Waals surface area contributed by atoms with E-state index in [0.717, 1.165) is 30.4 Å². The van der Waals surface area contributed by atoms with Crippen molar-refractivity contribution in [1.82, 2.24) is 15.5 Å². The lowest BCUT2D eigenvalue weighted by Gasteiger charge is -2.21. The zero-order valence-electron chi connectivity index (χ0n) is 7.62. The van der Waals surface area contributed by atoms with Crippen LogP contribution in [0.2, 0.25) is 0 Å². The second-order valence-corrected chi connectivity index (χ2v) is 4.32. The van der Waals surface area contributed by atoms with Crippen molar-refractivity contribution in [3.63, 3.8) is 0 Å². The molecule has 0 aromatic carbocycles. The van der Waals surface area contributed by atoms with Crippen LogP contribution in [-0.2, 0) is 6.42 Å². The topological polar surface area (TPSA) is 51.0 Å². The van der Waals surface area contributed by atoms with Crippen molar-refractivity contribution in [3.05, 3.63) is 11.7 Å². The van der Waals surface area contributed by atoms with E-state index in [4.69, 9.17) is 4.52 Å². The minimum atomic E-state index is 0.499. The van der Waals surface area contributed by atoms with Crippen LogP contribution in [0.25, 0.3) is 0 Å². The Balaban J connectivity index is 1.89. The molecule has 5 heteroatoms. The first-order chi connectivity index (χ1) is 6.34. The van der Waals surface area contributed by atoms with E-state index in [1.165, 1.54) is 5.75 Å². The lowest BCUT2D eigenvalue weighted by molar-refractivity contribution is 0.360. The fourth-order valence-electron chi connectivity index (χ4n) is 1.38. The number of nitrogens with zero attached hydrogens (tertiary/aromatic N) is 2. The first kappa shape index (κ1) is 9.02. The molecule has 1 unspecified atom stereocenters. The Morgan fingerprint density at radius 1 is 1.69 bits per heavy atom. The highest BCUT2D eigenvalue weighted by Crippen LogP contribution is 2.11. The SMILES string of the molecule is Cc1noc(CC2CSCCN2)n1. The van der Waals surface area contributed by atoms with Gasteiger partial charge in [-0.3, -0.25) is 0 Å². The minimum absolute atomic E-state index is 0.499. The molecule has 0 saturated carbocycles. The number of hydrogen-bond acceptors (Lipinski definition) is 5. The van der Waals surface area contributed by atoms with Gasteiger partial charge in [0, 0.05) is 30.5 Å². The van der Waals surface area contributed by atoms with E-state index in [9.17, 15) is 0 Å². The largest absolute Gasteiger partial charge is 0.339 e. The van der Waals surface area contributed by atoms with Crippen LogP contribution < -0.4 is 5.32 Å². The van der Waals surface area contributed by atoms with Crippen molar-refractivity contribution in [2.24, 2.45) is 0 Å². The molecule has 1 fully saturated rings. The number of aromatic nitrogens is 2. The third kappa shape index (κ3) is 2.45. The predicted molar refractivity (Wildman–Crippen MR) is 51.9 cm³/mol. The summed E-state index contributed by atoms with van der Waals surface area (Å²) in [5.74, 6) is 3.82. The summed E-state index contributed by atoms with van der Waals surface area (Å²) in [4.78, 5) is 4.18. The Hall–Kier alpha value is -0.550. The molecular weight excluding hydrogens is 186 g/mol. The summed E-state index contributed by atoms with van der Waals surface area (Å²) >= 11 is 1.98. The molecule has 1 aromatic rings. The van der Waals surface area contributed by atoms with Gasteiger partial charge >= 0.3 is 0 Å². The minimum Gasteiger partial charge on any atom is -0.339 e. The monoisotopic (exact) mass is 199 g/mol. The Labute approximate surface area is 81.5 Å². The number of thioether (sulfide) groups is 1. The van der Waals surface area contributed by atoms with E-state index in [1.54, 1.807) is 0 Å². The summed E-state index contributed by atoms with van der Waals surface area (Å²) in [7, 11) is 0. The van der Waals surface area contributed by atoms with Gasteiger partial charge < -0.3 is 9.84 Å². The van der Waals surface area contributed by atoms with Crippen LogP contribution in [0.5, 0.6) is 0 Å². The second kappa shape index (κ2) is 4.11. The van der Waals surface area contributed by atoms with E-state index >= 15 is 0 Å². The van der Waals surface area contributed by atoms with Gasteiger partial charge in [-0.15, -0.1) is 0 Å². The first-order valence-electron chi connectivity index (χ1n) is 4.45. The van der Waals surface area contributed by atoms with E-state index < -0.39 is 0 Å². The van der Waals surface area contributed by atoms with Gasteiger partial charge in [-0.05, 0) is 6.92 Å². The first-order valence-corrected chi connectivity index (χ1v) is 5.60. The van der Waals surface area contributed by atoms with E-state index in [2.05, 4.69) is 15.5 Å². The van der Waals surface area contributed by atoms with Crippen molar-refractivity contribution in [2.75, 3.05) is 18.1 Å². The molecular formula is C8H13N3OS.